The number of carbonyl (C=O) groups excluding carboxylic acids is 1. The second kappa shape index (κ2) is 7.53. The van der Waals surface area contributed by atoms with Crippen LogP contribution in [-0.2, 0) is 10.5 Å². The molecule has 2 heterocycles. The molecule has 0 bridgehead atoms. The molecule has 1 atom stereocenters. The van der Waals surface area contributed by atoms with Crippen LogP contribution in [0.1, 0.15) is 5.56 Å². The second-order valence-corrected chi connectivity index (χ2v) is 7.33. The van der Waals surface area contributed by atoms with E-state index in [1.165, 1.54) is 30.1 Å². The van der Waals surface area contributed by atoms with Gasteiger partial charge < -0.3 is 0 Å². The van der Waals surface area contributed by atoms with E-state index in [1.54, 1.807) is 41.4 Å². The smallest absolute Gasteiger partial charge is 0.269 e. The van der Waals surface area contributed by atoms with Crippen molar-refractivity contribution in [2.75, 3.05) is 5.01 Å². The number of nitrogens with zero attached hydrogens (tertiary/aromatic N) is 5. The van der Waals surface area contributed by atoms with E-state index in [0.29, 0.717) is 21.8 Å². The largest absolute Gasteiger partial charge is 0.271 e. The van der Waals surface area contributed by atoms with Crippen LogP contribution in [0.4, 0.5) is 11.4 Å². The maximum absolute atomic E-state index is 12.4. The summed E-state index contributed by atoms with van der Waals surface area (Å²) >= 11 is 7.17. The number of anilines is 1. The lowest BCUT2D eigenvalue weighted by Gasteiger charge is -2.20. The van der Waals surface area contributed by atoms with Gasteiger partial charge in [-0.1, -0.05) is 35.5 Å². The van der Waals surface area contributed by atoms with E-state index < -0.39 is 10.8 Å². The fourth-order valence-corrected chi connectivity index (χ4v) is 3.64. The van der Waals surface area contributed by atoms with Crippen LogP contribution in [0, 0.1) is 16.0 Å². The maximum Gasteiger partial charge on any atom is 0.269 e. The highest BCUT2D eigenvalue weighted by atomic mass is 35.5. The minimum atomic E-state index is -0.613. The Morgan fingerprint density at radius 2 is 1.96 bits per heavy atom. The predicted molar refractivity (Wildman–Crippen MR) is 110 cm³/mol. The molecule has 28 heavy (non-hydrogen) atoms. The first-order valence-electron chi connectivity index (χ1n) is 8.18. The van der Waals surface area contributed by atoms with Crippen LogP contribution in [0.15, 0.2) is 63.6 Å². The molecule has 0 saturated carbocycles. The van der Waals surface area contributed by atoms with Crippen LogP contribution < -0.4 is 5.01 Å². The first-order chi connectivity index (χ1) is 13.5. The van der Waals surface area contributed by atoms with Gasteiger partial charge in [0.25, 0.3) is 11.6 Å². The van der Waals surface area contributed by atoms with Gasteiger partial charge >= 0.3 is 0 Å². The Labute approximate surface area is 168 Å². The van der Waals surface area contributed by atoms with E-state index >= 15 is 0 Å². The van der Waals surface area contributed by atoms with E-state index in [-0.39, 0.29) is 11.6 Å². The highest BCUT2D eigenvalue weighted by molar-refractivity contribution is 8.13. The summed E-state index contributed by atoms with van der Waals surface area (Å²) in [6.45, 7) is 0. The predicted octanol–water partition coefficient (Wildman–Crippen LogP) is 3.90. The highest BCUT2D eigenvalue weighted by Crippen LogP contribution is 2.28. The van der Waals surface area contributed by atoms with Gasteiger partial charge in [0.05, 0.1) is 10.6 Å². The Hall–Kier alpha value is -3.04. The van der Waals surface area contributed by atoms with Crippen LogP contribution in [0.5, 0.6) is 0 Å². The standard InChI is InChI=1S/C18H12ClN5O3S/c19-12-4-6-13(7-5-12)23-16-15(9-20-23)17(25)22-18(21-16)28-10-11-2-1-3-14(8-11)24(26)27/h1-9,15H,10H2. The molecule has 0 spiro atoms. The van der Waals surface area contributed by atoms with Gasteiger partial charge in [0.1, 0.15) is 5.92 Å². The number of hydrazone groups is 1. The van der Waals surface area contributed by atoms with Gasteiger partial charge in [-0.15, -0.1) is 0 Å². The van der Waals surface area contributed by atoms with E-state index in [4.69, 9.17) is 11.6 Å². The summed E-state index contributed by atoms with van der Waals surface area (Å²) in [6, 6.07) is 13.4. The number of benzene rings is 2. The third-order valence-electron chi connectivity index (χ3n) is 4.07. The molecular formula is C18H12ClN5O3S. The molecule has 2 aromatic carbocycles. The molecule has 2 aromatic rings. The molecular weight excluding hydrogens is 402 g/mol. The van der Waals surface area contributed by atoms with Gasteiger partial charge in [-0.05, 0) is 29.8 Å². The zero-order valence-corrected chi connectivity index (χ0v) is 15.8. The number of fused-ring (bicyclic) bond motifs is 1. The number of nitro benzene ring substituents is 1. The molecule has 1 unspecified atom stereocenters. The molecule has 0 radical (unpaired) electrons. The molecule has 0 aromatic heterocycles. The summed E-state index contributed by atoms with van der Waals surface area (Å²) in [5, 5.41) is 17.7. The fraction of sp³-hybridized carbons (Fsp3) is 0.111. The maximum atomic E-state index is 12.4. The van der Waals surface area contributed by atoms with Crippen molar-refractivity contribution in [3.8, 4) is 0 Å². The quantitative estimate of drug-likeness (QED) is 0.559. The molecule has 0 saturated heterocycles. The van der Waals surface area contributed by atoms with Crippen molar-refractivity contribution in [1.82, 2.24) is 0 Å². The average molecular weight is 414 g/mol. The van der Waals surface area contributed by atoms with Crippen molar-refractivity contribution in [2.45, 2.75) is 5.75 Å². The number of nitro groups is 1. The van der Waals surface area contributed by atoms with Crippen LogP contribution in [-0.4, -0.2) is 28.0 Å². The van der Waals surface area contributed by atoms with Gasteiger partial charge in [-0.3, -0.25) is 14.9 Å². The summed E-state index contributed by atoms with van der Waals surface area (Å²) in [6.07, 6.45) is 1.52. The topological polar surface area (TPSA) is 101 Å². The minimum Gasteiger partial charge on any atom is -0.271 e. The van der Waals surface area contributed by atoms with Crippen molar-refractivity contribution < 1.29 is 9.72 Å². The monoisotopic (exact) mass is 413 g/mol. The van der Waals surface area contributed by atoms with Gasteiger partial charge in [0.15, 0.2) is 11.0 Å². The van der Waals surface area contributed by atoms with Crippen LogP contribution in [0.2, 0.25) is 5.02 Å². The number of carbonyl (C=O) groups is 1. The number of hydrogen-bond acceptors (Lipinski definition) is 7. The lowest BCUT2D eigenvalue weighted by atomic mass is 10.1. The number of non-ortho nitro benzene ring substituents is 1. The second-order valence-electron chi connectivity index (χ2n) is 5.95. The number of hydrogen-bond donors (Lipinski definition) is 0. The lowest BCUT2D eigenvalue weighted by molar-refractivity contribution is -0.384. The van der Waals surface area contributed by atoms with Crippen molar-refractivity contribution >= 4 is 57.9 Å². The Morgan fingerprint density at radius 3 is 2.71 bits per heavy atom. The molecule has 2 aliphatic rings. The average Bonchev–Trinajstić information content (AvgIpc) is 3.12. The molecule has 0 N–H and O–H groups in total. The van der Waals surface area contributed by atoms with Crippen molar-refractivity contribution in [3.05, 3.63) is 69.2 Å². The Morgan fingerprint density at radius 1 is 1.18 bits per heavy atom. The molecule has 140 valence electrons. The summed E-state index contributed by atoms with van der Waals surface area (Å²) in [7, 11) is 0. The minimum absolute atomic E-state index is 0.0178. The summed E-state index contributed by atoms with van der Waals surface area (Å²) in [5.41, 5.74) is 1.50. The Balaban J connectivity index is 1.53. The van der Waals surface area contributed by atoms with Crippen LogP contribution in [0.3, 0.4) is 0 Å². The number of amides is 1. The molecule has 0 aliphatic carbocycles. The van der Waals surface area contributed by atoms with Crippen molar-refractivity contribution in [3.63, 3.8) is 0 Å². The SMILES string of the molecule is O=C1N=C(SCc2cccc([N+](=O)[O-])c2)N=C2C1C=NN2c1ccc(Cl)cc1. The van der Waals surface area contributed by atoms with Crippen molar-refractivity contribution in [1.29, 1.82) is 0 Å². The molecule has 4 rings (SSSR count). The molecule has 10 heteroatoms. The summed E-state index contributed by atoms with van der Waals surface area (Å²) in [5.74, 6) is -0.0784. The number of amidine groups is 2. The molecule has 2 aliphatic heterocycles. The van der Waals surface area contributed by atoms with E-state index in [2.05, 4.69) is 15.1 Å². The normalized spacial score (nSPS) is 18.0. The van der Waals surface area contributed by atoms with Crippen molar-refractivity contribution in [2.24, 2.45) is 21.0 Å². The number of halogens is 1. The Kier molecular flexibility index (Phi) is 4.93. The summed E-state index contributed by atoms with van der Waals surface area (Å²) < 4.78 is 0. The number of aliphatic imine (C=N–C) groups is 2. The van der Waals surface area contributed by atoms with Gasteiger partial charge in [0.2, 0.25) is 0 Å². The van der Waals surface area contributed by atoms with Gasteiger partial charge in [-0.25, -0.2) is 10.0 Å². The van der Waals surface area contributed by atoms with Crippen LogP contribution >= 0.6 is 23.4 Å². The third-order valence-corrected chi connectivity index (χ3v) is 5.24. The Bertz CT molecular complexity index is 1050. The molecule has 8 nitrogen and oxygen atoms in total. The first kappa shape index (κ1) is 18.3. The third kappa shape index (κ3) is 3.67. The van der Waals surface area contributed by atoms with E-state index in [0.717, 1.165) is 11.3 Å². The number of rotatable bonds is 4. The van der Waals surface area contributed by atoms with E-state index in [9.17, 15) is 14.9 Å². The fourth-order valence-electron chi connectivity index (χ4n) is 2.72. The molecule has 1 amide bonds. The zero-order chi connectivity index (χ0) is 19.7. The van der Waals surface area contributed by atoms with Crippen LogP contribution in [0.25, 0.3) is 0 Å². The zero-order valence-electron chi connectivity index (χ0n) is 14.2. The van der Waals surface area contributed by atoms with Gasteiger partial charge in [-0.2, -0.15) is 10.1 Å². The highest BCUT2D eigenvalue weighted by Gasteiger charge is 2.36. The first-order valence-corrected chi connectivity index (χ1v) is 9.55. The molecule has 0 fully saturated rings. The van der Waals surface area contributed by atoms with E-state index in [1.807, 2.05) is 0 Å². The summed E-state index contributed by atoms with van der Waals surface area (Å²) in [4.78, 5) is 31.3. The van der Waals surface area contributed by atoms with Gasteiger partial charge in [0, 0.05) is 29.1 Å². The number of thioether (sulfide) groups is 1. The lowest BCUT2D eigenvalue weighted by Crippen LogP contribution is -2.34.